The minimum atomic E-state index is -0.0811. The van der Waals surface area contributed by atoms with Crippen LogP contribution in [0.25, 0.3) is 5.69 Å². The smallest absolute Gasteiger partial charge is 0.257 e. The van der Waals surface area contributed by atoms with Gasteiger partial charge in [-0.25, -0.2) is 4.68 Å². The van der Waals surface area contributed by atoms with Crippen molar-refractivity contribution in [3.8, 4) is 23.3 Å². The van der Waals surface area contributed by atoms with Crippen LogP contribution in [0.5, 0.6) is 11.5 Å². The van der Waals surface area contributed by atoms with Gasteiger partial charge in [0.1, 0.15) is 0 Å². The molecule has 7 heteroatoms. The van der Waals surface area contributed by atoms with Gasteiger partial charge >= 0.3 is 0 Å². The minimum absolute atomic E-state index is 0.00146. The highest BCUT2D eigenvalue weighted by Crippen LogP contribution is 2.42. The first-order valence-electron chi connectivity index (χ1n) is 9.77. The van der Waals surface area contributed by atoms with Crippen molar-refractivity contribution in [2.75, 3.05) is 20.8 Å². The standard InChI is InChI=1S/C23H20N4O3/c1-29-21-9-15-7-8-26-19(17(15)10-22(21)30-2)11-20-18(23(26)28)13-25-27(20)16-5-3-14(12-24)4-6-16/h3-6,9-10,13,19H,7-8,11H2,1-2H3/t19-/m0/s1. The summed E-state index contributed by atoms with van der Waals surface area (Å²) in [6.45, 7) is 0.660. The van der Waals surface area contributed by atoms with Crippen molar-refractivity contribution in [3.63, 3.8) is 0 Å². The van der Waals surface area contributed by atoms with Gasteiger partial charge in [0.05, 0.1) is 55.0 Å². The first-order valence-corrected chi connectivity index (χ1v) is 9.77. The molecule has 150 valence electrons. The molecular formula is C23H20N4O3. The number of amides is 1. The van der Waals surface area contributed by atoms with E-state index < -0.39 is 0 Å². The van der Waals surface area contributed by atoms with E-state index in [9.17, 15) is 4.79 Å². The van der Waals surface area contributed by atoms with Gasteiger partial charge in [0.25, 0.3) is 5.91 Å². The maximum absolute atomic E-state index is 13.3. The first kappa shape index (κ1) is 18.3. The number of methoxy groups -OCH3 is 2. The monoisotopic (exact) mass is 400 g/mol. The molecule has 5 rings (SSSR count). The second-order valence-corrected chi connectivity index (χ2v) is 7.45. The largest absolute Gasteiger partial charge is 0.493 e. The Kier molecular flexibility index (Phi) is 4.21. The Morgan fingerprint density at radius 3 is 2.57 bits per heavy atom. The van der Waals surface area contributed by atoms with E-state index in [1.54, 1.807) is 37.2 Å². The molecule has 1 amide bonds. The third-order valence-corrected chi connectivity index (χ3v) is 5.99. The van der Waals surface area contributed by atoms with Gasteiger partial charge in [0, 0.05) is 13.0 Å². The summed E-state index contributed by atoms with van der Waals surface area (Å²) in [5.74, 6) is 1.37. The number of carbonyl (C=O) groups is 1. The third kappa shape index (κ3) is 2.65. The number of hydrogen-bond donors (Lipinski definition) is 0. The molecule has 3 aromatic rings. The quantitative estimate of drug-likeness (QED) is 0.675. The molecule has 0 saturated carbocycles. The summed E-state index contributed by atoms with van der Waals surface area (Å²) in [6, 6.07) is 13.3. The number of carbonyl (C=O) groups excluding carboxylic acids is 1. The number of aromatic nitrogens is 2. The van der Waals surface area contributed by atoms with Crippen molar-refractivity contribution in [3.05, 3.63) is 70.5 Å². The van der Waals surface area contributed by atoms with Crippen molar-refractivity contribution < 1.29 is 14.3 Å². The van der Waals surface area contributed by atoms with Crippen molar-refractivity contribution in [1.82, 2.24) is 14.7 Å². The molecule has 0 saturated heterocycles. The molecule has 3 heterocycles. The fourth-order valence-corrected chi connectivity index (χ4v) is 4.48. The Morgan fingerprint density at radius 1 is 1.13 bits per heavy atom. The van der Waals surface area contributed by atoms with Gasteiger partial charge < -0.3 is 14.4 Å². The Labute approximate surface area is 174 Å². The lowest BCUT2D eigenvalue weighted by molar-refractivity contribution is 0.0629. The molecule has 2 aromatic carbocycles. The van der Waals surface area contributed by atoms with E-state index in [1.165, 1.54) is 5.56 Å². The highest BCUT2D eigenvalue weighted by atomic mass is 16.5. The van der Waals surface area contributed by atoms with Crippen molar-refractivity contribution in [2.24, 2.45) is 0 Å². The molecule has 0 bridgehead atoms. The van der Waals surface area contributed by atoms with Gasteiger partial charge in [-0.2, -0.15) is 10.4 Å². The van der Waals surface area contributed by atoms with E-state index in [2.05, 4.69) is 11.2 Å². The molecule has 0 unspecified atom stereocenters. The second kappa shape index (κ2) is 6.92. The average Bonchev–Trinajstić information content (AvgIpc) is 3.22. The normalized spacial score (nSPS) is 16.9. The molecule has 0 N–H and O–H groups in total. The van der Waals surface area contributed by atoms with Gasteiger partial charge in [0.2, 0.25) is 0 Å². The molecule has 2 aliphatic rings. The molecule has 1 aromatic heterocycles. The summed E-state index contributed by atoms with van der Waals surface area (Å²) in [5.41, 5.74) is 5.21. The van der Waals surface area contributed by atoms with E-state index in [-0.39, 0.29) is 11.9 Å². The molecule has 1 atom stereocenters. The fourth-order valence-electron chi connectivity index (χ4n) is 4.48. The predicted molar refractivity (Wildman–Crippen MR) is 109 cm³/mol. The van der Waals surface area contributed by atoms with Gasteiger partial charge in [0.15, 0.2) is 11.5 Å². The van der Waals surface area contributed by atoms with Gasteiger partial charge in [-0.1, -0.05) is 0 Å². The number of rotatable bonds is 3. The maximum atomic E-state index is 13.3. The molecule has 30 heavy (non-hydrogen) atoms. The second-order valence-electron chi connectivity index (χ2n) is 7.45. The number of nitriles is 1. The molecule has 0 aliphatic carbocycles. The van der Waals surface area contributed by atoms with Gasteiger partial charge in [-0.3, -0.25) is 4.79 Å². The Hall–Kier alpha value is -3.79. The summed E-state index contributed by atoms with van der Waals surface area (Å²) in [5, 5.41) is 13.5. The van der Waals surface area contributed by atoms with Crippen LogP contribution in [-0.2, 0) is 12.8 Å². The zero-order valence-corrected chi connectivity index (χ0v) is 16.8. The molecule has 0 radical (unpaired) electrons. The lowest BCUT2D eigenvalue weighted by Crippen LogP contribution is -2.44. The van der Waals surface area contributed by atoms with Gasteiger partial charge in [-0.15, -0.1) is 0 Å². The first-order chi connectivity index (χ1) is 14.6. The number of benzene rings is 2. The summed E-state index contributed by atoms with van der Waals surface area (Å²) < 4.78 is 12.8. The fraction of sp³-hybridized carbons (Fsp3) is 0.261. The van der Waals surface area contributed by atoms with Crippen LogP contribution in [0.15, 0.2) is 42.6 Å². The Bertz CT molecular complexity index is 1190. The zero-order valence-electron chi connectivity index (χ0n) is 16.8. The van der Waals surface area contributed by atoms with Crippen LogP contribution in [-0.4, -0.2) is 41.4 Å². The maximum Gasteiger partial charge on any atom is 0.257 e. The highest BCUT2D eigenvalue weighted by Gasteiger charge is 2.39. The van der Waals surface area contributed by atoms with Crippen molar-refractivity contribution >= 4 is 5.91 Å². The van der Waals surface area contributed by atoms with E-state index in [0.29, 0.717) is 35.6 Å². The molecule has 2 aliphatic heterocycles. The number of nitrogens with zero attached hydrogens (tertiary/aromatic N) is 4. The summed E-state index contributed by atoms with van der Waals surface area (Å²) in [4.78, 5) is 15.2. The third-order valence-electron chi connectivity index (χ3n) is 5.99. The summed E-state index contributed by atoms with van der Waals surface area (Å²) >= 11 is 0. The lowest BCUT2D eigenvalue weighted by atomic mass is 9.85. The van der Waals surface area contributed by atoms with Crippen LogP contribution in [0.2, 0.25) is 0 Å². The van der Waals surface area contributed by atoms with E-state index in [4.69, 9.17) is 14.7 Å². The molecule has 0 fully saturated rings. The van der Waals surface area contributed by atoms with Crippen LogP contribution < -0.4 is 9.47 Å². The number of hydrogen-bond acceptors (Lipinski definition) is 5. The van der Waals surface area contributed by atoms with Crippen molar-refractivity contribution in [2.45, 2.75) is 18.9 Å². The van der Waals surface area contributed by atoms with E-state index >= 15 is 0 Å². The van der Waals surface area contributed by atoms with Crippen LogP contribution in [0.1, 0.15) is 38.8 Å². The lowest BCUT2D eigenvalue weighted by Gasteiger charge is -2.40. The van der Waals surface area contributed by atoms with Crippen LogP contribution >= 0.6 is 0 Å². The number of fused-ring (bicyclic) bond motifs is 4. The number of ether oxygens (including phenoxy) is 2. The molecule has 0 spiro atoms. The van der Waals surface area contributed by atoms with E-state index in [0.717, 1.165) is 23.4 Å². The Morgan fingerprint density at radius 2 is 1.87 bits per heavy atom. The van der Waals surface area contributed by atoms with Crippen LogP contribution in [0, 0.1) is 11.3 Å². The van der Waals surface area contributed by atoms with Crippen molar-refractivity contribution in [1.29, 1.82) is 5.26 Å². The summed E-state index contributed by atoms with van der Waals surface area (Å²) in [7, 11) is 3.25. The highest BCUT2D eigenvalue weighted by molar-refractivity contribution is 5.97. The summed E-state index contributed by atoms with van der Waals surface area (Å²) in [6.07, 6.45) is 3.08. The van der Waals surface area contributed by atoms with Gasteiger partial charge in [-0.05, 0) is 53.9 Å². The molecule has 7 nitrogen and oxygen atoms in total. The molecular weight excluding hydrogens is 380 g/mol. The Balaban J connectivity index is 1.59. The van der Waals surface area contributed by atoms with E-state index in [1.807, 2.05) is 29.2 Å². The topological polar surface area (TPSA) is 80.4 Å². The SMILES string of the molecule is COc1cc2c(cc1OC)[C@@H]1Cc3c(cnn3-c3ccc(C#N)cc3)C(=O)N1CC2. The average molecular weight is 400 g/mol. The minimum Gasteiger partial charge on any atom is -0.493 e. The van der Waals surface area contributed by atoms with Crippen LogP contribution in [0.3, 0.4) is 0 Å². The predicted octanol–water partition coefficient (Wildman–Crippen LogP) is 3.06. The zero-order chi connectivity index (χ0) is 20.8. The van der Waals surface area contributed by atoms with Crippen LogP contribution in [0.4, 0.5) is 0 Å².